The molecule has 0 saturated carbocycles. The normalized spacial score (nSPS) is 23.7. The molecule has 1 fully saturated rings. The molecule has 0 amide bonds. The first kappa shape index (κ1) is 14.8. The molecule has 1 aliphatic rings. The molecule has 7 heteroatoms. The summed E-state index contributed by atoms with van der Waals surface area (Å²) in [5, 5.41) is 4.11. The lowest BCUT2D eigenvalue weighted by molar-refractivity contribution is 0.108. The maximum atomic E-state index is 6.05. The molecule has 0 spiro atoms. The highest BCUT2D eigenvalue weighted by Gasteiger charge is 2.28. The zero-order valence-electron chi connectivity index (χ0n) is 11.9. The molecule has 108 valence electrons. The van der Waals surface area contributed by atoms with E-state index in [1.807, 2.05) is 0 Å². The Morgan fingerprint density at radius 3 is 3.00 bits per heavy atom. The Morgan fingerprint density at radius 2 is 2.26 bits per heavy atom. The summed E-state index contributed by atoms with van der Waals surface area (Å²) in [7, 11) is 4.21. The lowest BCUT2D eigenvalue weighted by Gasteiger charge is -2.35. The first-order chi connectivity index (χ1) is 9.11. The minimum atomic E-state index is -0.152. The van der Waals surface area contributed by atoms with Gasteiger partial charge in [-0.1, -0.05) is 5.16 Å². The Labute approximate surface area is 118 Å². The summed E-state index contributed by atoms with van der Waals surface area (Å²) in [5.74, 6) is 2.32. The monoisotopic (exact) mass is 285 g/mol. The average molecular weight is 285 g/mol. The Kier molecular flexibility index (Phi) is 5.20. The second kappa shape index (κ2) is 6.69. The molecule has 6 nitrogen and oxygen atoms in total. The van der Waals surface area contributed by atoms with E-state index in [2.05, 4.69) is 40.3 Å². The van der Waals surface area contributed by atoms with Crippen molar-refractivity contribution in [1.29, 1.82) is 0 Å². The van der Waals surface area contributed by atoms with Gasteiger partial charge in [0, 0.05) is 19.6 Å². The molecule has 1 saturated heterocycles. The molecule has 0 aromatic carbocycles. The number of likely N-dealkylation sites (N-methyl/N-ethyl adjacent to an activating group) is 2. The SMILES string of the molecule is CSCC[C@H](N)c1nc(C2CN(C)CCN2C)no1. The van der Waals surface area contributed by atoms with Crippen molar-refractivity contribution in [1.82, 2.24) is 19.9 Å². The molecule has 0 aliphatic carbocycles. The fourth-order valence-electron chi connectivity index (χ4n) is 2.19. The van der Waals surface area contributed by atoms with Crippen LogP contribution >= 0.6 is 11.8 Å². The van der Waals surface area contributed by atoms with Crippen molar-refractivity contribution in [2.45, 2.75) is 18.5 Å². The van der Waals surface area contributed by atoms with Gasteiger partial charge in [0.05, 0.1) is 12.1 Å². The molecule has 1 aromatic rings. The molecule has 0 radical (unpaired) electrons. The lowest BCUT2D eigenvalue weighted by Crippen LogP contribution is -2.45. The number of nitrogens with two attached hydrogens (primary N) is 1. The van der Waals surface area contributed by atoms with Crippen LogP contribution in [0.15, 0.2) is 4.52 Å². The fourth-order valence-corrected chi connectivity index (χ4v) is 2.68. The van der Waals surface area contributed by atoms with Gasteiger partial charge in [-0.25, -0.2) is 0 Å². The molecule has 2 N–H and O–H groups in total. The van der Waals surface area contributed by atoms with Crippen molar-refractivity contribution < 1.29 is 4.52 Å². The van der Waals surface area contributed by atoms with Gasteiger partial charge in [-0.2, -0.15) is 16.7 Å². The Morgan fingerprint density at radius 1 is 1.47 bits per heavy atom. The molecule has 2 atom stereocenters. The summed E-state index contributed by atoms with van der Waals surface area (Å²) in [6.45, 7) is 3.02. The molecule has 19 heavy (non-hydrogen) atoms. The maximum absolute atomic E-state index is 6.05. The number of thioether (sulfide) groups is 1. The smallest absolute Gasteiger partial charge is 0.243 e. The molecule has 1 aromatic heterocycles. The van der Waals surface area contributed by atoms with Crippen LogP contribution in [0.1, 0.15) is 30.2 Å². The van der Waals surface area contributed by atoms with Crippen LogP contribution in [-0.2, 0) is 0 Å². The average Bonchev–Trinajstić information content (AvgIpc) is 2.88. The molecular weight excluding hydrogens is 262 g/mol. The Bertz CT molecular complexity index is 399. The molecule has 2 heterocycles. The van der Waals surface area contributed by atoms with Crippen molar-refractivity contribution in [3.8, 4) is 0 Å². The number of hydrogen-bond donors (Lipinski definition) is 1. The van der Waals surface area contributed by atoms with Gasteiger partial charge in [-0.15, -0.1) is 0 Å². The highest BCUT2D eigenvalue weighted by atomic mass is 32.2. The quantitative estimate of drug-likeness (QED) is 0.855. The van der Waals surface area contributed by atoms with Crippen LogP contribution in [0, 0.1) is 0 Å². The van der Waals surface area contributed by atoms with E-state index in [0.29, 0.717) is 5.89 Å². The van der Waals surface area contributed by atoms with E-state index in [4.69, 9.17) is 10.3 Å². The van der Waals surface area contributed by atoms with Gasteiger partial charge in [0.1, 0.15) is 0 Å². The number of aromatic nitrogens is 2. The highest BCUT2D eigenvalue weighted by molar-refractivity contribution is 7.98. The Hall–Kier alpha value is -0.630. The summed E-state index contributed by atoms with van der Waals surface area (Å²) in [6, 6.07) is 0.0457. The number of rotatable bonds is 5. The second-order valence-corrected chi connectivity index (χ2v) is 6.12. The number of nitrogens with zero attached hydrogens (tertiary/aromatic N) is 4. The summed E-state index contributed by atoms with van der Waals surface area (Å²) >= 11 is 1.78. The van der Waals surface area contributed by atoms with E-state index in [-0.39, 0.29) is 12.1 Å². The van der Waals surface area contributed by atoms with Gasteiger partial charge in [0.15, 0.2) is 5.82 Å². The van der Waals surface area contributed by atoms with E-state index in [9.17, 15) is 0 Å². The fraction of sp³-hybridized carbons (Fsp3) is 0.833. The van der Waals surface area contributed by atoms with Crippen molar-refractivity contribution in [3.05, 3.63) is 11.7 Å². The van der Waals surface area contributed by atoms with Crippen LogP contribution < -0.4 is 5.73 Å². The van der Waals surface area contributed by atoms with Crippen LogP contribution in [0.5, 0.6) is 0 Å². The first-order valence-electron chi connectivity index (χ1n) is 6.58. The topological polar surface area (TPSA) is 71.4 Å². The van der Waals surface area contributed by atoms with Crippen LogP contribution in [0.3, 0.4) is 0 Å². The minimum Gasteiger partial charge on any atom is -0.338 e. The van der Waals surface area contributed by atoms with Gasteiger partial charge >= 0.3 is 0 Å². The molecule has 1 aliphatic heterocycles. The second-order valence-electron chi connectivity index (χ2n) is 5.14. The van der Waals surface area contributed by atoms with Crippen molar-refractivity contribution in [2.75, 3.05) is 45.7 Å². The highest BCUT2D eigenvalue weighted by Crippen LogP contribution is 2.22. The predicted octanol–water partition coefficient (Wildman–Crippen LogP) is 0.741. The third kappa shape index (κ3) is 3.68. The summed E-state index contributed by atoms with van der Waals surface area (Å²) in [6.07, 6.45) is 2.93. The van der Waals surface area contributed by atoms with E-state index >= 15 is 0 Å². The van der Waals surface area contributed by atoms with Crippen LogP contribution in [0.4, 0.5) is 0 Å². The van der Waals surface area contributed by atoms with E-state index in [1.165, 1.54) is 0 Å². The largest absolute Gasteiger partial charge is 0.338 e. The molecule has 1 unspecified atom stereocenters. The van der Waals surface area contributed by atoms with Crippen LogP contribution in [-0.4, -0.2) is 65.7 Å². The minimum absolute atomic E-state index is 0.152. The molecule has 2 rings (SSSR count). The third-order valence-electron chi connectivity index (χ3n) is 3.56. The van der Waals surface area contributed by atoms with Crippen molar-refractivity contribution in [2.24, 2.45) is 5.73 Å². The Balaban J connectivity index is 2.03. The summed E-state index contributed by atoms with van der Waals surface area (Å²) < 4.78 is 5.32. The van der Waals surface area contributed by atoms with Gasteiger partial charge in [-0.3, -0.25) is 4.90 Å². The van der Waals surface area contributed by atoms with Crippen molar-refractivity contribution >= 4 is 11.8 Å². The van der Waals surface area contributed by atoms with E-state index < -0.39 is 0 Å². The summed E-state index contributed by atoms with van der Waals surface area (Å²) in [4.78, 5) is 9.04. The third-order valence-corrected chi connectivity index (χ3v) is 4.20. The zero-order chi connectivity index (χ0) is 13.8. The van der Waals surface area contributed by atoms with Crippen molar-refractivity contribution in [3.63, 3.8) is 0 Å². The van der Waals surface area contributed by atoms with Crippen LogP contribution in [0.2, 0.25) is 0 Å². The number of piperazine rings is 1. The molecular formula is C12H23N5OS. The molecule has 0 bridgehead atoms. The zero-order valence-corrected chi connectivity index (χ0v) is 12.7. The van der Waals surface area contributed by atoms with E-state index in [0.717, 1.165) is 37.6 Å². The van der Waals surface area contributed by atoms with Gasteiger partial charge < -0.3 is 15.2 Å². The van der Waals surface area contributed by atoms with E-state index in [1.54, 1.807) is 11.8 Å². The van der Waals surface area contributed by atoms with Gasteiger partial charge in [0.2, 0.25) is 5.89 Å². The standard InChI is InChI=1S/C12H23N5OS/c1-16-5-6-17(2)10(8-16)11-14-12(18-15-11)9(13)4-7-19-3/h9-10H,4-8,13H2,1-3H3/t9-,10?/m0/s1. The predicted molar refractivity (Wildman–Crippen MR) is 77.1 cm³/mol. The maximum Gasteiger partial charge on any atom is 0.243 e. The van der Waals surface area contributed by atoms with Gasteiger partial charge in [-0.05, 0) is 32.5 Å². The number of hydrogen-bond acceptors (Lipinski definition) is 7. The summed E-state index contributed by atoms with van der Waals surface area (Å²) in [5.41, 5.74) is 6.05. The van der Waals surface area contributed by atoms with Gasteiger partial charge in [0.25, 0.3) is 0 Å². The lowest BCUT2D eigenvalue weighted by atomic mass is 10.2. The van der Waals surface area contributed by atoms with Crippen LogP contribution in [0.25, 0.3) is 0 Å². The first-order valence-corrected chi connectivity index (χ1v) is 7.98.